The van der Waals surface area contributed by atoms with Crippen LogP contribution in [-0.4, -0.2) is 9.97 Å². The van der Waals surface area contributed by atoms with Crippen LogP contribution in [0.15, 0.2) is 37.1 Å². The smallest absolute Gasteiger partial charge is 0.148 e. The number of rotatable bonds is 2. The van der Waals surface area contributed by atoms with Crippen molar-refractivity contribution in [2.75, 3.05) is 0 Å². The van der Waals surface area contributed by atoms with Gasteiger partial charge >= 0.3 is 0 Å². The van der Waals surface area contributed by atoms with Gasteiger partial charge in [0.2, 0.25) is 0 Å². The Bertz CT molecular complexity index is 568. The number of aryl methyl sites for hydroxylation is 1. The van der Waals surface area contributed by atoms with Crippen LogP contribution in [0.25, 0.3) is 17.1 Å². The summed E-state index contributed by atoms with van der Waals surface area (Å²) >= 11 is 5.86. The summed E-state index contributed by atoms with van der Waals surface area (Å²) in [6.45, 7) is 5.69. The van der Waals surface area contributed by atoms with E-state index in [-0.39, 0.29) is 0 Å². The highest BCUT2D eigenvalue weighted by Crippen LogP contribution is 2.21. The van der Waals surface area contributed by atoms with Gasteiger partial charge in [-0.25, -0.2) is 4.98 Å². The number of halogens is 1. The molecule has 0 saturated carbocycles. The van der Waals surface area contributed by atoms with Gasteiger partial charge in [0.25, 0.3) is 0 Å². The zero-order chi connectivity index (χ0) is 11.5. The number of benzene rings is 1. The predicted molar refractivity (Wildman–Crippen MR) is 68.5 cm³/mol. The second-order valence-corrected chi connectivity index (χ2v) is 3.84. The zero-order valence-corrected chi connectivity index (χ0v) is 9.70. The molecule has 2 rings (SSSR count). The highest BCUT2D eigenvalue weighted by molar-refractivity contribution is 6.29. The van der Waals surface area contributed by atoms with Crippen molar-refractivity contribution in [1.82, 2.24) is 9.97 Å². The van der Waals surface area contributed by atoms with E-state index in [9.17, 15) is 0 Å². The van der Waals surface area contributed by atoms with Gasteiger partial charge in [-0.2, -0.15) is 0 Å². The van der Waals surface area contributed by atoms with E-state index in [0.717, 1.165) is 22.2 Å². The molecule has 2 aromatic rings. The summed E-state index contributed by atoms with van der Waals surface area (Å²) in [5.74, 6) is 0. The van der Waals surface area contributed by atoms with Crippen LogP contribution in [0.4, 0.5) is 0 Å². The third-order valence-electron chi connectivity index (χ3n) is 2.34. The summed E-state index contributed by atoms with van der Waals surface area (Å²) in [5, 5.41) is 0.409. The van der Waals surface area contributed by atoms with Crippen molar-refractivity contribution in [3.63, 3.8) is 0 Å². The van der Waals surface area contributed by atoms with Crippen molar-refractivity contribution in [2.45, 2.75) is 6.92 Å². The number of allylic oxidation sites excluding steroid dienone is 2. The van der Waals surface area contributed by atoms with Crippen molar-refractivity contribution in [3.8, 4) is 0 Å². The first-order chi connectivity index (χ1) is 7.72. The van der Waals surface area contributed by atoms with Gasteiger partial charge in [-0.15, -0.1) is 0 Å². The molecule has 0 saturated heterocycles. The van der Waals surface area contributed by atoms with Gasteiger partial charge in [0.1, 0.15) is 5.15 Å². The second-order valence-electron chi connectivity index (χ2n) is 3.45. The van der Waals surface area contributed by atoms with Crippen molar-refractivity contribution in [1.29, 1.82) is 0 Å². The van der Waals surface area contributed by atoms with E-state index in [2.05, 4.69) is 16.5 Å². The second kappa shape index (κ2) is 4.45. The Balaban J connectivity index is 2.76. The quantitative estimate of drug-likeness (QED) is 0.734. The van der Waals surface area contributed by atoms with Gasteiger partial charge in [0.05, 0.1) is 17.2 Å². The van der Waals surface area contributed by atoms with Gasteiger partial charge in [-0.3, -0.25) is 4.98 Å². The minimum Gasteiger partial charge on any atom is -0.251 e. The predicted octanol–water partition coefficient (Wildman–Crippen LogP) is 3.79. The van der Waals surface area contributed by atoms with Crippen LogP contribution in [0.3, 0.4) is 0 Å². The number of hydrogen-bond acceptors (Lipinski definition) is 2. The lowest BCUT2D eigenvalue weighted by Gasteiger charge is -2.04. The lowest BCUT2D eigenvalue weighted by molar-refractivity contribution is 1.28. The van der Waals surface area contributed by atoms with Crippen molar-refractivity contribution in [3.05, 3.63) is 53.3 Å². The SMILES string of the molecule is C=C/C=C\c1c(C)ccc2ncc(Cl)nc12. The van der Waals surface area contributed by atoms with Crippen molar-refractivity contribution < 1.29 is 0 Å². The van der Waals surface area contributed by atoms with E-state index in [1.165, 1.54) is 0 Å². The fourth-order valence-electron chi connectivity index (χ4n) is 1.55. The molecule has 2 nitrogen and oxygen atoms in total. The van der Waals surface area contributed by atoms with Crippen LogP contribution < -0.4 is 0 Å². The Kier molecular flexibility index (Phi) is 3.02. The molecule has 16 heavy (non-hydrogen) atoms. The van der Waals surface area contributed by atoms with E-state index in [1.54, 1.807) is 12.3 Å². The van der Waals surface area contributed by atoms with E-state index in [1.807, 2.05) is 31.2 Å². The summed E-state index contributed by atoms with van der Waals surface area (Å²) in [7, 11) is 0. The fraction of sp³-hybridized carbons (Fsp3) is 0.0769. The third kappa shape index (κ3) is 1.97. The average Bonchev–Trinajstić information content (AvgIpc) is 2.28. The molecule has 0 spiro atoms. The molecule has 0 N–H and O–H groups in total. The van der Waals surface area contributed by atoms with Crippen molar-refractivity contribution >= 4 is 28.7 Å². The molecule has 0 atom stereocenters. The van der Waals surface area contributed by atoms with E-state index in [4.69, 9.17) is 11.6 Å². The van der Waals surface area contributed by atoms with Gasteiger partial charge < -0.3 is 0 Å². The fourth-order valence-corrected chi connectivity index (χ4v) is 1.69. The molecule has 0 unspecified atom stereocenters. The number of nitrogens with zero attached hydrogens (tertiary/aromatic N) is 2. The molecule has 1 aromatic heterocycles. The Morgan fingerprint density at radius 3 is 2.94 bits per heavy atom. The van der Waals surface area contributed by atoms with E-state index < -0.39 is 0 Å². The molecule has 0 bridgehead atoms. The van der Waals surface area contributed by atoms with Crippen molar-refractivity contribution in [2.24, 2.45) is 0 Å². The maximum atomic E-state index is 5.86. The first kappa shape index (κ1) is 10.8. The maximum Gasteiger partial charge on any atom is 0.148 e. The first-order valence-corrected chi connectivity index (χ1v) is 5.31. The van der Waals surface area contributed by atoms with E-state index >= 15 is 0 Å². The standard InChI is InChI=1S/C13H11ClN2/c1-3-4-5-10-9(2)6-7-11-13(10)16-12(14)8-15-11/h3-8H,1H2,2H3/b5-4-. The Hall–Kier alpha value is -1.67. The van der Waals surface area contributed by atoms with Gasteiger partial charge in [-0.1, -0.05) is 42.5 Å². The van der Waals surface area contributed by atoms with Gasteiger partial charge in [0, 0.05) is 5.56 Å². The molecule has 1 heterocycles. The molecule has 1 aromatic carbocycles. The first-order valence-electron chi connectivity index (χ1n) is 4.93. The molecule has 0 aliphatic carbocycles. The molecule has 0 amide bonds. The summed E-state index contributed by atoms with van der Waals surface area (Å²) in [5.41, 5.74) is 3.85. The Morgan fingerprint density at radius 1 is 1.38 bits per heavy atom. The van der Waals surface area contributed by atoms with Crippen LogP contribution in [0, 0.1) is 6.92 Å². The molecule has 0 aliphatic heterocycles. The summed E-state index contributed by atoms with van der Waals surface area (Å²) in [4.78, 5) is 8.54. The normalized spacial score (nSPS) is 11.1. The Morgan fingerprint density at radius 2 is 2.19 bits per heavy atom. The summed E-state index contributed by atoms with van der Waals surface area (Å²) in [6, 6.07) is 3.97. The summed E-state index contributed by atoms with van der Waals surface area (Å²) < 4.78 is 0. The summed E-state index contributed by atoms with van der Waals surface area (Å²) in [6.07, 6.45) is 7.14. The molecule has 0 aliphatic rings. The topological polar surface area (TPSA) is 25.8 Å². The average molecular weight is 231 g/mol. The lowest BCUT2D eigenvalue weighted by Crippen LogP contribution is -1.90. The maximum absolute atomic E-state index is 5.86. The number of hydrogen-bond donors (Lipinski definition) is 0. The van der Waals surface area contributed by atoms with Crippen LogP contribution in [-0.2, 0) is 0 Å². The van der Waals surface area contributed by atoms with Crippen LogP contribution in [0.2, 0.25) is 5.15 Å². The van der Waals surface area contributed by atoms with E-state index in [0.29, 0.717) is 5.15 Å². The minimum absolute atomic E-state index is 0.409. The zero-order valence-electron chi connectivity index (χ0n) is 8.94. The highest BCUT2D eigenvalue weighted by Gasteiger charge is 2.04. The highest BCUT2D eigenvalue weighted by atomic mass is 35.5. The minimum atomic E-state index is 0.409. The molecule has 0 radical (unpaired) electrons. The van der Waals surface area contributed by atoms with Gasteiger partial charge in [0.15, 0.2) is 0 Å². The number of fused-ring (bicyclic) bond motifs is 1. The molecule has 0 fully saturated rings. The largest absolute Gasteiger partial charge is 0.251 e. The monoisotopic (exact) mass is 230 g/mol. The Labute approximate surface area is 99.3 Å². The number of aromatic nitrogens is 2. The molecule has 3 heteroatoms. The van der Waals surface area contributed by atoms with Crippen LogP contribution in [0.5, 0.6) is 0 Å². The van der Waals surface area contributed by atoms with Crippen LogP contribution in [0.1, 0.15) is 11.1 Å². The van der Waals surface area contributed by atoms with Crippen LogP contribution >= 0.6 is 11.6 Å². The molecule has 80 valence electrons. The third-order valence-corrected chi connectivity index (χ3v) is 2.52. The lowest BCUT2D eigenvalue weighted by atomic mass is 10.1. The molecular formula is C13H11ClN2. The van der Waals surface area contributed by atoms with Gasteiger partial charge in [-0.05, 0) is 18.6 Å². The molecular weight excluding hydrogens is 220 g/mol.